The molecule has 78 valence electrons. The van der Waals surface area contributed by atoms with Gasteiger partial charge in [-0.2, -0.15) is 0 Å². The van der Waals surface area contributed by atoms with Crippen LogP contribution >= 0.6 is 0 Å². The number of hydrogen-bond donors (Lipinski definition) is 1. The Morgan fingerprint density at radius 1 is 1.43 bits per heavy atom. The van der Waals surface area contributed by atoms with Crippen LogP contribution in [0.15, 0.2) is 12.2 Å². The van der Waals surface area contributed by atoms with Crippen molar-refractivity contribution in [2.45, 2.75) is 32.9 Å². The van der Waals surface area contributed by atoms with Crippen molar-refractivity contribution in [1.82, 2.24) is 4.90 Å². The Bertz CT molecular complexity index is 276. The molecule has 1 rings (SSSR count). The first-order valence-electron chi connectivity index (χ1n) is 4.69. The van der Waals surface area contributed by atoms with Gasteiger partial charge in [0.25, 0.3) is 11.8 Å². The molecule has 2 unspecified atom stereocenters. The Kier molecular flexibility index (Phi) is 2.76. The molecule has 4 heteroatoms. The smallest absolute Gasteiger partial charge is 0.255 e. The highest BCUT2D eigenvalue weighted by atomic mass is 16.3. The van der Waals surface area contributed by atoms with Crippen LogP contribution in [-0.2, 0) is 9.59 Å². The fraction of sp³-hybridized carbons (Fsp3) is 0.600. The van der Waals surface area contributed by atoms with E-state index in [1.54, 1.807) is 6.92 Å². The SMILES string of the molecule is CCC(C)C(C)(O)N1C(=O)C=CC1=O. The maximum absolute atomic E-state index is 11.3. The molecule has 1 N–H and O–H groups in total. The van der Waals surface area contributed by atoms with E-state index in [-0.39, 0.29) is 5.92 Å². The van der Waals surface area contributed by atoms with E-state index in [1.165, 1.54) is 19.1 Å². The van der Waals surface area contributed by atoms with Gasteiger partial charge in [-0.1, -0.05) is 13.8 Å². The molecule has 2 amide bonds. The lowest BCUT2D eigenvalue weighted by Crippen LogP contribution is -2.53. The van der Waals surface area contributed by atoms with Gasteiger partial charge >= 0.3 is 0 Å². The third kappa shape index (κ3) is 1.57. The Balaban J connectivity index is 2.93. The topological polar surface area (TPSA) is 57.6 Å². The van der Waals surface area contributed by atoms with Gasteiger partial charge in [-0.15, -0.1) is 0 Å². The Morgan fingerprint density at radius 3 is 2.21 bits per heavy atom. The molecule has 0 saturated heterocycles. The molecule has 0 saturated carbocycles. The van der Waals surface area contributed by atoms with Gasteiger partial charge < -0.3 is 5.11 Å². The quantitative estimate of drug-likeness (QED) is 0.676. The molecule has 2 atom stereocenters. The predicted molar refractivity (Wildman–Crippen MR) is 51.1 cm³/mol. The largest absolute Gasteiger partial charge is 0.370 e. The molecule has 0 radical (unpaired) electrons. The number of carbonyl (C=O) groups is 2. The molecule has 1 aliphatic rings. The van der Waals surface area contributed by atoms with Crippen molar-refractivity contribution in [3.63, 3.8) is 0 Å². The number of rotatable bonds is 3. The van der Waals surface area contributed by atoms with E-state index in [9.17, 15) is 14.7 Å². The second kappa shape index (κ2) is 3.53. The highest BCUT2D eigenvalue weighted by Gasteiger charge is 2.42. The van der Waals surface area contributed by atoms with Crippen molar-refractivity contribution in [2.24, 2.45) is 5.92 Å². The fourth-order valence-corrected chi connectivity index (χ4v) is 1.45. The van der Waals surface area contributed by atoms with Crippen LogP contribution in [0, 0.1) is 5.92 Å². The highest BCUT2D eigenvalue weighted by Crippen LogP contribution is 2.27. The molecule has 1 aliphatic heterocycles. The van der Waals surface area contributed by atoms with Crippen LogP contribution in [0.4, 0.5) is 0 Å². The highest BCUT2D eigenvalue weighted by molar-refractivity contribution is 6.13. The average Bonchev–Trinajstić information content (AvgIpc) is 2.44. The molecule has 4 nitrogen and oxygen atoms in total. The van der Waals surface area contributed by atoms with Gasteiger partial charge in [0.1, 0.15) is 5.72 Å². The average molecular weight is 197 g/mol. The van der Waals surface area contributed by atoms with Gasteiger partial charge in [0.05, 0.1) is 0 Å². The van der Waals surface area contributed by atoms with Crippen molar-refractivity contribution < 1.29 is 14.7 Å². The van der Waals surface area contributed by atoms with Crippen LogP contribution in [0.3, 0.4) is 0 Å². The van der Waals surface area contributed by atoms with Gasteiger partial charge in [-0.25, -0.2) is 4.90 Å². The first-order valence-corrected chi connectivity index (χ1v) is 4.69. The van der Waals surface area contributed by atoms with E-state index in [2.05, 4.69) is 0 Å². The number of nitrogens with zero attached hydrogens (tertiary/aromatic N) is 1. The van der Waals surface area contributed by atoms with Crippen LogP contribution in [0.25, 0.3) is 0 Å². The molecule has 0 spiro atoms. The molecule has 0 aromatic heterocycles. The van der Waals surface area contributed by atoms with Gasteiger partial charge in [0.2, 0.25) is 0 Å². The van der Waals surface area contributed by atoms with Crippen molar-refractivity contribution >= 4 is 11.8 Å². The molecule has 0 bridgehead atoms. The second-order valence-electron chi connectivity index (χ2n) is 3.75. The minimum atomic E-state index is -1.40. The van der Waals surface area contributed by atoms with Crippen molar-refractivity contribution in [1.29, 1.82) is 0 Å². The van der Waals surface area contributed by atoms with Crippen LogP contribution in [0.2, 0.25) is 0 Å². The zero-order valence-corrected chi connectivity index (χ0v) is 8.65. The lowest BCUT2D eigenvalue weighted by Gasteiger charge is -2.36. The van der Waals surface area contributed by atoms with Crippen LogP contribution in [0.5, 0.6) is 0 Å². The second-order valence-corrected chi connectivity index (χ2v) is 3.75. The number of carbonyl (C=O) groups excluding carboxylic acids is 2. The van der Waals surface area contributed by atoms with Crippen molar-refractivity contribution in [2.75, 3.05) is 0 Å². The van der Waals surface area contributed by atoms with Gasteiger partial charge in [0, 0.05) is 18.1 Å². The monoisotopic (exact) mass is 197 g/mol. The molecule has 14 heavy (non-hydrogen) atoms. The number of imide groups is 1. The van der Waals surface area contributed by atoms with E-state index >= 15 is 0 Å². The molecular formula is C10H15NO3. The van der Waals surface area contributed by atoms with Crippen molar-refractivity contribution in [3.8, 4) is 0 Å². The third-order valence-electron chi connectivity index (χ3n) is 2.81. The summed E-state index contributed by atoms with van der Waals surface area (Å²) in [4.78, 5) is 23.5. The summed E-state index contributed by atoms with van der Waals surface area (Å²) in [5.74, 6) is -1.03. The number of hydrogen-bond acceptors (Lipinski definition) is 3. The summed E-state index contributed by atoms with van der Waals surface area (Å²) in [6.45, 7) is 5.19. The van der Waals surface area contributed by atoms with E-state index in [4.69, 9.17) is 0 Å². The normalized spacial score (nSPS) is 22.7. The van der Waals surface area contributed by atoms with Crippen LogP contribution < -0.4 is 0 Å². The molecule has 0 aromatic carbocycles. The Morgan fingerprint density at radius 2 is 1.86 bits per heavy atom. The van der Waals surface area contributed by atoms with Gasteiger partial charge in [-0.3, -0.25) is 9.59 Å². The summed E-state index contributed by atoms with van der Waals surface area (Å²) in [5.41, 5.74) is -1.40. The summed E-state index contributed by atoms with van der Waals surface area (Å²) in [6.07, 6.45) is 3.06. The van der Waals surface area contributed by atoms with Crippen molar-refractivity contribution in [3.05, 3.63) is 12.2 Å². The van der Waals surface area contributed by atoms with Crippen LogP contribution in [0.1, 0.15) is 27.2 Å². The maximum Gasteiger partial charge on any atom is 0.255 e. The maximum atomic E-state index is 11.3. The first kappa shape index (κ1) is 10.9. The van der Waals surface area contributed by atoms with E-state index in [0.29, 0.717) is 6.42 Å². The number of amides is 2. The van der Waals surface area contributed by atoms with E-state index in [1.807, 2.05) is 6.92 Å². The van der Waals surface area contributed by atoms with Gasteiger partial charge in [-0.05, 0) is 13.3 Å². The minimum absolute atomic E-state index is 0.143. The predicted octanol–water partition coefficient (Wildman–Crippen LogP) is 0.666. The molecular weight excluding hydrogens is 182 g/mol. The summed E-state index contributed by atoms with van der Waals surface area (Å²) < 4.78 is 0. The molecule has 1 heterocycles. The van der Waals surface area contributed by atoms with E-state index < -0.39 is 17.5 Å². The Labute approximate surface area is 83.2 Å². The zero-order valence-electron chi connectivity index (χ0n) is 8.65. The fourth-order valence-electron chi connectivity index (χ4n) is 1.45. The summed E-state index contributed by atoms with van der Waals surface area (Å²) in [6, 6.07) is 0. The lowest BCUT2D eigenvalue weighted by molar-refractivity contribution is -0.170. The zero-order chi connectivity index (χ0) is 10.9. The summed E-state index contributed by atoms with van der Waals surface area (Å²) in [7, 11) is 0. The molecule has 0 aliphatic carbocycles. The molecule has 0 fully saturated rings. The standard InChI is InChI=1S/C10H15NO3/c1-4-7(2)10(3,14)11-8(12)5-6-9(11)13/h5-7,14H,4H2,1-3H3. The minimum Gasteiger partial charge on any atom is -0.370 e. The summed E-state index contributed by atoms with van der Waals surface area (Å²) in [5, 5.41) is 10.1. The van der Waals surface area contributed by atoms with Gasteiger partial charge in [0.15, 0.2) is 0 Å². The first-order chi connectivity index (χ1) is 6.41. The third-order valence-corrected chi connectivity index (χ3v) is 2.81. The summed E-state index contributed by atoms with van der Waals surface area (Å²) >= 11 is 0. The van der Waals surface area contributed by atoms with Crippen LogP contribution in [-0.4, -0.2) is 27.5 Å². The number of aliphatic hydroxyl groups is 1. The molecule has 0 aromatic rings. The lowest BCUT2D eigenvalue weighted by atomic mass is 9.95. The van der Waals surface area contributed by atoms with E-state index in [0.717, 1.165) is 4.90 Å². The Hall–Kier alpha value is -1.16.